The summed E-state index contributed by atoms with van der Waals surface area (Å²) >= 11 is 0. The van der Waals surface area contributed by atoms with Crippen molar-refractivity contribution in [3.63, 3.8) is 0 Å². The van der Waals surface area contributed by atoms with Gasteiger partial charge in [0, 0.05) is 13.6 Å². The molecular formula is C17H23N3O. The number of hydrogen-bond acceptors (Lipinski definition) is 2. The van der Waals surface area contributed by atoms with Gasteiger partial charge in [-0.2, -0.15) is 5.10 Å². The SMILES string of the molecule is CCCc1cc(C(=O)NCC(C)c2ccccc2)n(C)n1. The Kier molecular flexibility index (Phi) is 5.14. The summed E-state index contributed by atoms with van der Waals surface area (Å²) < 4.78 is 1.66. The maximum absolute atomic E-state index is 12.2. The van der Waals surface area contributed by atoms with Crippen LogP contribution in [0.4, 0.5) is 0 Å². The van der Waals surface area contributed by atoms with Crippen LogP contribution < -0.4 is 5.32 Å². The van der Waals surface area contributed by atoms with Gasteiger partial charge in [0.1, 0.15) is 5.69 Å². The van der Waals surface area contributed by atoms with E-state index >= 15 is 0 Å². The van der Waals surface area contributed by atoms with Gasteiger partial charge in [0.05, 0.1) is 5.69 Å². The van der Waals surface area contributed by atoms with Gasteiger partial charge >= 0.3 is 0 Å². The van der Waals surface area contributed by atoms with Crippen molar-refractivity contribution in [1.82, 2.24) is 15.1 Å². The smallest absolute Gasteiger partial charge is 0.269 e. The Morgan fingerprint density at radius 2 is 2.05 bits per heavy atom. The second kappa shape index (κ2) is 7.07. The molecule has 1 unspecified atom stereocenters. The molecule has 1 N–H and O–H groups in total. The molecule has 2 aromatic rings. The Bertz CT molecular complexity index is 589. The normalized spacial score (nSPS) is 12.1. The van der Waals surface area contributed by atoms with Crippen molar-refractivity contribution in [3.8, 4) is 0 Å². The fraction of sp³-hybridized carbons (Fsp3) is 0.412. The molecule has 1 amide bonds. The number of carbonyl (C=O) groups excluding carboxylic acids is 1. The van der Waals surface area contributed by atoms with E-state index in [-0.39, 0.29) is 5.91 Å². The van der Waals surface area contributed by atoms with E-state index in [1.807, 2.05) is 31.3 Å². The average molecular weight is 285 g/mol. The first-order chi connectivity index (χ1) is 10.1. The summed E-state index contributed by atoms with van der Waals surface area (Å²) in [6.07, 6.45) is 1.94. The van der Waals surface area contributed by atoms with Crippen LogP contribution in [0.1, 0.15) is 47.9 Å². The molecule has 0 saturated heterocycles. The Labute approximate surface area is 126 Å². The third-order valence-corrected chi connectivity index (χ3v) is 3.61. The van der Waals surface area contributed by atoms with E-state index in [0.29, 0.717) is 18.2 Å². The van der Waals surface area contributed by atoms with Crippen molar-refractivity contribution in [2.45, 2.75) is 32.6 Å². The lowest BCUT2D eigenvalue weighted by atomic mass is 10.0. The van der Waals surface area contributed by atoms with Gasteiger partial charge in [-0.1, -0.05) is 50.6 Å². The molecule has 1 aromatic carbocycles. The van der Waals surface area contributed by atoms with Gasteiger partial charge in [0.15, 0.2) is 0 Å². The van der Waals surface area contributed by atoms with E-state index in [1.54, 1.807) is 4.68 Å². The predicted molar refractivity (Wildman–Crippen MR) is 84.4 cm³/mol. The average Bonchev–Trinajstić information content (AvgIpc) is 2.86. The van der Waals surface area contributed by atoms with Crippen molar-refractivity contribution in [2.75, 3.05) is 6.54 Å². The molecule has 112 valence electrons. The minimum Gasteiger partial charge on any atom is -0.350 e. The van der Waals surface area contributed by atoms with Crippen LogP contribution in [0.5, 0.6) is 0 Å². The lowest BCUT2D eigenvalue weighted by Gasteiger charge is -2.13. The number of nitrogens with zero attached hydrogens (tertiary/aromatic N) is 2. The summed E-state index contributed by atoms with van der Waals surface area (Å²) in [4.78, 5) is 12.2. The van der Waals surface area contributed by atoms with Crippen LogP contribution >= 0.6 is 0 Å². The Balaban J connectivity index is 1.95. The predicted octanol–water partition coefficient (Wildman–Crippen LogP) is 2.91. The van der Waals surface area contributed by atoms with Gasteiger partial charge in [-0.25, -0.2) is 0 Å². The summed E-state index contributed by atoms with van der Waals surface area (Å²) in [6, 6.07) is 12.1. The van der Waals surface area contributed by atoms with Gasteiger partial charge in [-0.3, -0.25) is 9.48 Å². The maximum atomic E-state index is 12.2. The van der Waals surface area contributed by atoms with Crippen molar-refractivity contribution in [2.24, 2.45) is 7.05 Å². The molecule has 1 aromatic heterocycles. The summed E-state index contributed by atoms with van der Waals surface area (Å²) in [7, 11) is 1.81. The standard InChI is InChI=1S/C17H23N3O/c1-4-8-15-11-16(20(3)19-15)17(21)18-12-13(2)14-9-6-5-7-10-14/h5-7,9-11,13H,4,8,12H2,1-3H3,(H,18,21). The zero-order valence-corrected chi connectivity index (χ0v) is 13.0. The highest BCUT2D eigenvalue weighted by molar-refractivity contribution is 5.92. The number of aryl methyl sites for hydroxylation is 2. The topological polar surface area (TPSA) is 46.9 Å². The summed E-state index contributed by atoms with van der Waals surface area (Å²) in [5.41, 5.74) is 2.83. The summed E-state index contributed by atoms with van der Waals surface area (Å²) in [6.45, 7) is 4.84. The number of hydrogen-bond donors (Lipinski definition) is 1. The van der Waals surface area contributed by atoms with Crippen LogP contribution in [0.2, 0.25) is 0 Å². The van der Waals surface area contributed by atoms with Gasteiger partial charge in [-0.05, 0) is 24.0 Å². The van der Waals surface area contributed by atoms with Crippen LogP contribution in [-0.4, -0.2) is 22.2 Å². The highest BCUT2D eigenvalue weighted by Crippen LogP contribution is 2.13. The summed E-state index contributed by atoms with van der Waals surface area (Å²) in [5.74, 6) is 0.230. The molecule has 0 spiro atoms. The van der Waals surface area contributed by atoms with Gasteiger partial charge in [-0.15, -0.1) is 0 Å². The first-order valence-electron chi connectivity index (χ1n) is 7.48. The second-order valence-electron chi connectivity index (χ2n) is 5.42. The van der Waals surface area contributed by atoms with E-state index in [1.165, 1.54) is 5.56 Å². The Morgan fingerprint density at radius 1 is 1.33 bits per heavy atom. The summed E-state index contributed by atoms with van der Waals surface area (Å²) in [5, 5.41) is 7.36. The minimum atomic E-state index is -0.0601. The van der Waals surface area contributed by atoms with E-state index in [0.717, 1.165) is 18.5 Å². The van der Waals surface area contributed by atoms with Crippen molar-refractivity contribution < 1.29 is 4.79 Å². The zero-order chi connectivity index (χ0) is 15.2. The maximum Gasteiger partial charge on any atom is 0.269 e. The molecule has 1 heterocycles. The number of rotatable bonds is 6. The van der Waals surface area contributed by atoms with Crippen LogP contribution in [0.3, 0.4) is 0 Å². The third-order valence-electron chi connectivity index (χ3n) is 3.61. The van der Waals surface area contributed by atoms with Gasteiger partial charge in [0.2, 0.25) is 0 Å². The third kappa shape index (κ3) is 3.94. The lowest BCUT2D eigenvalue weighted by molar-refractivity contribution is 0.0942. The highest BCUT2D eigenvalue weighted by Gasteiger charge is 2.14. The monoisotopic (exact) mass is 285 g/mol. The number of amides is 1. The molecular weight excluding hydrogens is 262 g/mol. The molecule has 2 rings (SSSR count). The molecule has 21 heavy (non-hydrogen) atoms. The van der Waals surface area contributed by atoms with E-state index < -0.39 is 0 Å². The Morgan fingerprint density at radius 3 is 2.71 bits per heavy atom. The van der Waals surface area contributed by atoms with Crippen LogP contribution in [0, 0.1) is 0 Å². The van der Waals surface area contributed by atoms with E-state index in [9.17, 15) is 4.79 Å². The van der Waals surface area contributed by atoms with Crippen LogP contribution in [-0.2, 0) is 13.5 Å². The largest absolute Gasteiger partial charge is 0.350 e. The quantitative estimate of drug-likeness (QED) is 0.887. The van der Waals surface area contributed by atoms with E-state index in [2.05, 4.69) is 36.4 Å². The van der Waals surface area contributed by atoms with Crippen molar-refractivity contribution in [1.29, 1.82) is 0 Å². The van der Waals surface area contributed by atoms with Gasteiger partial charge in [0.25, 0.3) is 5.91 Å². The molecule has 0 bridgehead atoms. The molecule has 0 aliphatic heterocycles. The van der Waals surface area contributed by atoms with Gasteiger partial charge < -0.3 is 5.32 Å². The number of carbonyl (C=O) groups is 1. The Hall–Kier alpha value is -2.10. The van der Waals surface area contributed by atoms with E-state index in [4.69, 9.17) is 0 Å². The highest BCUT2D eigenvalue weighted by atomic mass is 16.2. The van der Waals surface area contributed by atoms with Crippen molar-refractivity contribution >= 4 is 5.91 Å². The molecule has 4 heteroatoms. The molecule has 0 radical (unpaired) electrons. The van der Waals surface area contributed by atoms with Crippen LogP contribution in [0.25, 0.3) is 0 Å². The van der Waals surface area contributed by atoms with Crippen molar-refractivity contribution in [3.05, 3.63) is 53.3 Å². The van der Waals surface area contributed by atoms with Crippen LogP contribution in [0.15, 0.2) is 36.4 Å². The molecule has 0 aliphatic rings. The minimum absolute atomic E-state index is 0.0601. The zero-order valence-electron chi connectivity index (χ0n) is 13.0. The number of benzene rings is 1. The second-order valence-corrected chi connectivity index (χ2v) is 5.42. The first kappa shape index (κ1) is 15.3. The molecule has 1 atom stereocenters. The molecule has 0 saturated carbocycles. The molecule has 0 aliphatic carbocycles. The number of nitrogens with one attached hydrogen (secondary N) is 1. The molecule has 4 nitrogen and oxygen atoms in total. The molecule has 0 fully saturated rings. The number of aromatic nitrogens is 2. The lowest BCUT2D eigenvalue weighted by Crippen LogP contribution is -2.29. The fourth-order valence-electron chi connectivity index (χ4n) is 2.35. The first-order valence-corrected chi connectivity index (χ1v) is 7.48. The fourth-order valence-corrected chi connectivity index (χ4v) is 2.35.